The maximum Gasteiger partial charge on any atom is 0.323 e. The van der Waals surface area contributed by atoms with E-state index in [1.165, 1.54) is 7.11 Å². The number of methoxy groups -OCH3 is 1. The van der Waals surface area contributed by atoms with Crippen molar-refractivity contribution in [2.75, 3.05) is 25.5 Å². The molecular weight excluding hydrogens is 304 g/mol. The molecule has 5 nitrogen and oxygen atoms in total. The Balaban J connectivity index is 1.60. The van der Waals surface area contributed by atoms with Crippen molar-refractivity contribution in [2.45, 2.75) is 25.3 Å². The first-order valence-corrected chi connectivity index (χ1v) is 8.28. The molecule has 126 valence electrons. The molecule has 0 aliphatic carbocycles. The minimum Gasteiger partial charge on any atom is -0.468 e. The van der Waals surface area contributed by atoms with Crippen LogP contribution in [-0.2, 0) is 14.3 Å². The zero-order valence-electron chi connectivity index (χ0n) is 13.8. The van der Waals surface area contributed by atoms with Crippen LogP contribution in [-0.4, -0.2) is 43.0 Å². The second-order valence-corrected chi connectivity index (χ2v) is 6.04. The average molecular weight is 326 g/mol. The molecule has 0 aromatic heterocycles. The molecule has 1 amide bonds. The Morgan fingerprint density at radius 2 is 2.00 bits per heavy atom. The molecule has 2 aromatic carbocycles. The van der Waals surface area contributed by atoms with E-state index in [0.717, 1.165) is 35.8 Å². The molecule has 0 radical (unpaired) electrons. The molecule has 0 saturated carbocycles. The Labute approximate surface area is 141 Å². The SMILES string of the molecule is COC(=O)C1CCCN1CCC(=O)Nc1cccc2ccccc12. The van der Waals surface area contributed by atoms with E-state index in [1.54, 1.807) is 0 Å². The number of rotatable bonds is 5. The average Bonchev–Trinajstić information content (AvgIpc) is 3.08. The second kappa shape index (κ2) is 7.45. The van der Waals surface area contributed by atoms with Crippen molar-refractivity contribution in [3.8, 4) is 0 Å². The minimum atomic E-state index is -0.208. The molecule has 24 heavy (non-hydrogen) atoms. The van der Waals surface area contributed by atoms with Crippen LogP contribution in [0.15, 0.2) is 42.5 Å². The second-order valence-electron chi connectivity index (χ2n) is 6.04. The van der Waals surface area contributed by atoms with Gasteiger partial charge >= 0.3 is 5.97 Å². The monoisotopic (exact) mass is 326 g/mol. The van der Waals surface area contributed by atoms with Gasteiger partial charge in [-0.15, -0.1) is 0 Å². The Bertz CT molecular complexity index is 739. The number of fused-ring (bicyclic) bond motifs is 1. The van der Waals surface area contributed by atoms with E-state index in [0.29, 0.717) is 13.0 Å². The van der Waals surface area contributed by atoms with Crippen LogP contribution in [0.5, 0.6) is 0 Å². The lowest BCUT2D eigenvalue weighted by Gasteiger charge is -2.21. The maximum absolute atomic E-state index is 12.3. The molecule has 1 atom stereocenters. The predicted octanol–water partition coefficient (Wildman–Crippen LogP) is 2.81. The van der Waals surface area contributed by atoms with E-state index < -0.39 is 0 Å². The topological polar surface area (TPSA) is 58.6 Å². The summed E-state index contributed by atoms with van der Waals surface area (Å²) < 4.78 is 4.83. The van der Waals surface area contributed by atoms with Crippen molar-refractivity contribution in [3.63, 3.8) is 0 Å². The molecule has 1 saturated heterocycles. The highest BCUT2D eigenvalue weighted by atomic mass is 16.5. The molecule has 1 heterocycles. The molecule has 3 rings (SSSR count). The number of esters is 1. The van der Waals surface area contributed by atoms with Crippen LogP contribution in [0.2, 0.25) is 0 Å². The lowest BCUT2D eigenvalue weighted by Crippen LogP contribution is -2.38. The normalized spacial score (nSPS) is 17.8. The summed E-state index contributed by atoms with van der Waals surface area (Å²) in [7, 11) is 1.41. The van der Waals surface area contributed by atoms with Crippen molar-refractivity contribution in [2.24, 2.45) is 0 Å². The van der Waals surface area contributed by atoms with Crippen LogP contribution in [0.3, 0.4) is 0 Å². The van der Waals surface area contributed by atoms with Gasteiger partial charge in [-0.1, -0.05) is 36.4 Å². The summed E-state index contributed by atoms with van der Waals surface area (Å²) >= 11 is 0. The minimum absolute atomic E-state index is 0.0399. The van der Waals surface area contributed by atoms with Gasteiger partial charge in [-0.3, -0.25) is 14.5 Å². The fourth-order valence-electron chi connectivity index (χ4n) is 3.29. The number of likely N-dealkylation sites (tertiary alicyclic amines) is 1. The summed E-state index contributed by atoms with van der Waals surface area (Å²) in [5, 5.41) is 5.11. The first-order chi connectivity index (χ1) is 11.7. The van der Waals surface area contributed by atoms with E-state index in [4.69, 9.17) is 4.74 Å². The summed E-state index contributed by atoms with van der Waals surface area (Å²) in [6.07, 6.45) is 2.12. The van der Waals surface area contributed by atoms with Gasteiger partial charge in [0.15, 0.2) is 0 Å². The Hall–Kier alpha value is -2.40. The summed E-state index contributed by atoms with van der Waals surface area (Å²) in [6.45, 7) is 1.40. The van der Waals surface area contributed by atoms with Crippen molar-refractivity contribution in [1.82, 2.24) is 4.90 Å². The third-order valence-corrected chi connectivity index (χ3v) is 4.53. The van der Waals surface area contributed by atoms with Crippen molar-refractivity contribution < 1.29 is 14.3 Å². The lowest BCUT2D eigenvalue weighted by atomic mass is 10.1. The molecule has 2 aromatic rings. The van der Waals surface area contributed by atoms with E-state index in [1.807, 2.05) is 47.4 Å². The Morgan fingerprint density at radius 1 is 1.21 bits per heavy atom. The van der Waals surface area contributed by atoms with E-state index in [2.05, 4.69) is 5.32 Å². The standard InChI is InChI=1S/C19H22N2O3/c1-24-19(23)17-10-5-12-21(17)13-11-18(22)20-16-9-4-7-14-6-2-3-8-15(14)16/h2-4,6-9,17H,5,10-13H2,1H3,(H,20,22). The van der Waals surface area contributed by atoms with Crippen LogP contribution in [0.1, 0.15) is 19.3 Å². The fourth-order valence-corrected chi connectivity index (χ4v) is 3.29. The van der Waals surface area contributed by atoms with Crippen LogP contribution in [0.25, 0.3) is 10.8 Å². The Kier molecular flexibility index (Phi) is 5.11. The van der Waals surface area contributed by atoms with Gasteiger partial charge in [-0.2, -0.15) is 0 Å². The molecule has 1 N–H and O–H groups in total. The zero-order chi connectivity index (χ0) is 16.9. The third-order valence-electron chi connectivity index (χ3n) is 4.53. The summed E-state index contributed by atoms with van der Waals surface area (Å²) in [5.74, 6) is -0.246. The molecule has 1 aliphatic heterocycles. The number of nitrogens with zero attached hydrogens (tertiary/aromatic N) is 1. The highest BCUT2D eigenvalue weighted by molar-refractivity contribution is 6.02. The highest BCUT2D eigenvalue weighted by Gasteiger charge is 2.31. The van der Waals surface area contributed by atoms with E-state index >= 15 is 0 Å². The van der Waals surface area contributed by atoms with Gasteiger partial charge in [-0.05, 0) is 30.8 Å². The number of benzene rings is 2. The number of hydrogen-bond acceptors (Lipinski definition) is 4. The van der Waals surface area contributed by atoms with Crippen LogP contribution < -0.4 is 5.32 Å². The van der Waals surface area contributed by atoms with Gasteiger partial charge in [-0.25, -0.2) is 0 Å². The maximum atomic E-state index is 12.3. The van der Waals surface area contributed by atoms with E-state index in [-0.39, 0.29) is 17.9 Å². The number of carbonyl (C=O) groups is 2. The molecule has 1 unspecified atom stereocenters. The fraction of sp³-hybridized carbons (Fsp3) is 0.368. The molecule has 0 spiro atoms. The van der Waals surface area contributed by atoms with Crippen LogP contribution in [0, 0.1) is 0 Å². The van der Waals surface area contributed by atoms with E-state index in [9.17, 15) is 9.59 Å². The van der Waals surface area contributed by atoms with Crippen LogP contribution in [0.4, 0.5) is 5.69 Å². The molecular formula is C19H22N2O3. The number of anilines is 1. The van der Waals surface area contributed by atoms with Gasteiger partial charge in [0.1, 0.15) is 6.04 Å². The number of nitrogens with one attached hydrogen (secondary N) is 1. The van der Waals surface area contributed by atoms with Crippen molar-refractivity contribution >= 4 is 28.3 Å². The smallest absolute Gasteiger partial charge is 0.323 e. The summed E-state index contributed by atoms with van der Waals surface area (Å²) in [4.78, 5) is 26.1. The van der Waals surface area contributed by atoms with Gasteiger partial charge in [0, 0.05) is 24.0 Å². The number of ether oxygens (including phenoxy) is 1. The first kappa shape index (κ1) is 16.5. The molecule has 5 heteroatoms. The largest absolute Gasteiger partial charge is 0.468 e. The number of hydrogen-bond donors (Lipinski definition) is 1. The van der Waals surface area contributed by atoms with Crippen molar-refractivity contribution in [1.29, 1.82) is 0 Å². The third kappa shape index (κ3) is 3.57. The molecule has 0 bridgehead atoms. The highest BCUT2D eigenvalue weighted by Crippen LogP contribution is 2.23. The first-order valence-electron chi connectivity index (χ1n) is 8.28. The van der Waals surface area contributed by atoms with Gasteiger partial charge < -0.3 is 10.1 Å². The quantitative estimate of drug-likeness (QED) is 0.859. The lowest BCUT2D eigenvalue weighted by molar-refractivity contribution is -0.146. The molecule has 1 fully saturated rings. The number of carbonyl (C=O) groups excluding carboxylic acids is 2. The van der Waals surface area contributed by atoms with Gasteiger partial charge in [0.25, 0.3) is 0 Å². The predicted molar refractivity (Wildman–Crippen MR) is 93.8 cm³/mol. The zero-order valence-corrected chi connectivity index (χ0v) is 13.8. The van der Waals surface area contributed by atoms with Gasteiger partial charge in [0.2, 0.25) is 5.91 Å². The van der Waals surface area contributed by atoms with Crippen LogP contribution >= 0.6 is 0 Å². The number of amides is 1. The summed E-state index contributed by atoms with van der Waals surface area (Å²) in [6, 6.07) is 13.6. The van der Waals surface area contributed by atoms with Crippen molar-refractivity contribution in [3.05, 3.63) is 42.5 Å². The summed E-state index contributed by atoms with van der Waals surface area (Å²) in [5.41, 5.74) is 0.823. The van der Waals surface area contributed by atoms with Gasteiger partial charge in [0.05, 0.1) is 7.11 Å². The Morgan fingerprint density at radius 3 is 2.83 bits per heavy atom. The molecule has 1 aliphatic rings.